The molecule has 2 aliphatic rings. The molecule has 11 heteroatoms. The molecule has 2 unspecified atom stereocenters. The molecule has 1 aromatic heterocycles. The number of nitrogens with one attached hydrogen (secondary N) is 3. The largest absolute Gasteiger partial charge is 0.446 e. The summed E-state index contributed by atoms with van der Waals surface area (Å²) < 4.78 is 63.5. The van der Waals surface area contributed by atoms with Gasteiger partial charge >= 0.3 is 5.51 Å². The van der Waals surface area contributed by atoms with Gasteiger partial charge in [-0.15, -0.1) is 0 Å². The number of allylic oxidation sites excluding steroid dienone is 2. The van der Waals surface area contributed by atoms with Crippen molar-refractivity contribution in [3.05, 3.63) is 36.7 Å². The molecule has 0 amide bonds. The van der Waals surface area contributed by atoms with E-state index in [4.69, 9.17) is 0 Å². The van der Waals surface area contributed by atoms with Crippen molar-refractivity contribution in [3.63, 3.8) is 0 Å². The zero-order valence-electron chi connectivity index (χ0n) is 13.9. The van der Waals surface area contributed by atoms with E-state index in [1.165, 1.54) is 25.3 Å². The fraction of sp³-hybridized carbons (Fsp3) is 0.400. The molecule has 0 fully saturated rings. The van der Waals surface area contributed by atoms with Gasteiger partial charge in [0.15, 0.2) is 20.5 Å². The van der Waals surface area contributed by atoms with Crippen LogP contribution in [0.2, 0.25) is 0 Å². The average molecular weight is 406 g/mol. The van der Waals surface area contributed by atoms with Crippen LogP contribution in [-0.2, 0) is 9.84 Å². The van der Waals surface area contributed by atoms with Gasteiger partial charge in [0.05, 0.1) is 11.4 Å². The summed E-state index contributed by atoms with van der Waals surface area (Å²) in [6, 6.07) is 1.30. The third kappa shape index (κ3) is 3.02. The molecule has 0 saturated carbocycles. The predicted molar refractivity (Wildman–Crippen MR) is 95.4 cm³/mol. The molecule has 1 aromatic rings. The van der Waals surface area contributed by atoms with E-state index in [0.717, 1.165) is 6.20 Å². The molecule has 0 aliphatic carbocycles. The third-order valence-electron chi connectivity index (χ3n) is 4.30. The number of thioether (sulfide) groups is 1. The van der Waals surface area contributed by atoms with Crippen molar-refractivity contribution in [2.24, 2.45) is 0 Å². The number of sulfone groups is 1. The van der Waals surface area contributed by atoms with Crippen molar-refractivity contribution in [3.8, 4) is 0 Å². The molecule has 3 rings (SSSR count). The van der Waals surface area contributed by atoms with Crippen LogP contribution >= 0.6 is 11.8 Å². The number of anilines is 2. The van der Waals surface area contributed by atoms with Crippen LogP contribution in [-0.4, -0.2) is 35.2 Å². The normalized spacial score (nSPS) is 27.4. The Kier molecular flexibility index (Phi) is 4.42. The first-order valence-electron chi connectivity index (χ1n) is 7.68. The lowest BCUT2D eigenvalue weighted by Gasteiger charge is -2.45. The van der Waals surface area contributed by atoms with E-state index in [2.05, 4.69) is 20.9 Å². The fourth-order valence-electron chi connectivity index (χ4n) is 3.06. The number of nitrogens with zero attached hydrogens (tertiary/aromatic N) is 1. The van der Waals surface area contributed by atoms with Gasteiger partial charge in [-0.3, -0.25) is 0 Å². The smallest absolute Gasteiger partial charge is 0.366 e. The number of alkyl halides is 3. The third-order valence-corrected chi connectivity index (χ3v) is 7.39. The summed E-state index contributed by atoms with van der Waals surface area (Å²) >= 11 is -0.278. The Morgan fingerprint density at radius 1 is 1.27 bits per heavy atom. The summed E-state index contributed by atoms with van der Waals surface area (Å²) in [5, 5.41) is 8.92. The number of hydrogen-bond acceptors (Lipinski definition) is 7. The summed E-state index contributed by atoms with van der Waals surface area (Å²) in [6.45, 7) is 3.15. The van der Waals surface area contributed by atoms with Gasteiger partial charge in [0.1, 0.15) is 5.66 Å². The van der Waals surface area contributed by atoms with Crippen molar-refractivity contribution < 1.29 is 21.6 Å². The maximum atomic E-state index is 12.9. The van der Waals surface area contributed by atoms with Crippen LogP contribution in [0.15, 0.2) is 41.6 Å². The maximum Gasteiger partial charge on any atom is 0.446 e. The van der Waals surface area contributed by atoms with Gasteiger partial charge in [-0.25, -0.2) is 13.4 Å². The predicted octanol–water partition coefficient (Wildman–Crippen LogP) is 3.05. The highest BCUT2D eigenvalue weighted by Gasteiger charge is 2.58. The molecule has 3 N–H and O–H groups in total. The summed E-state index contributed by atoms with van der Waals surface area (Å²) in [7, 11) is -3.67. The molecule has 0 aromatic carbocycles. The molecule has 3 heterocycles. The van der Waals surface area contributed by atoms with Gasteiger partial charge in [-0.05, 0) is 43.1 Å². The Morgan fingerprint density at radius 2 is 2.00 bits per heavy atom. The van der Waals surface area contributed by atoms with Crippen molar-refractivity contribution in [1.82, 2.24) is 10.3 Å². The first-order valence-corrected chi connectivity index (χ1v) is 10.2. The van der Waals surface area contributed by atoms with Crippen LogP contribution < -0.4 is 16.0 Å². The van der Waals surface area contributed by atoms with E-state index in [0.29, 0.717) is 5.69 Å². The summed E-state index contributed by atoms with van der Waals surface area (Å²) in [5.74, 6) is 0.158. The van der Waals surface area contributed by atoms with Crippen molar-refractivity contribution in [2.45, 2.75) is 34.8 Å². The van der Waals surface area contributed by atoms with Crippen LogP contribution in [0.3, 0.4) is 0 Å². The van der Waals surface area contributed by atoms with E-state index in [-0.39, 0.29) is 28.2 Å². The Bertz CT molecular complexity index is 885. The quantitative estimate of drug-likeness (QED) is 0.663. The number of aromatic nitrogens is 1. The lowest BCUT2D eigenvalue weighted by molar-refractivity contribution is -0.0328. The van der Waals surface area contributed by atoms with Gasteiger partial charge in [0.25, 0.3) is 0 Å². The van der Waals surface area contributed by atoms with Crippen LogP contribution in [0.4, 0.5) is 24.7 Å². The van der Waals surface area contributed by atoms with E-state index in [9.17, 15) is 21.6 Å². The number of pyridine rings is 1. The van der Waals surface area contributed by atoms with Crippen LogP contribution in [0, 0.1) is 0 Å². The molecular weight excluding hydrogens is 389 g/mol. The SMILES string of the molecule is CCS(=O)(=O)C1(C2(C)Nc3cc(SC(F)(F)F)cnc3N2)C=CC=CN1. The summed E-state index contributed by atoms with van der Waals surface area (Å²) in [4.78, 5) is 2.38. The van der Waals surface area contributed by atoms with Gasteiger partial charge in [-0.2, -0.15) is 13.2 Å². The van der Waals surface area contributed by atoms with Gasteiger partial charge in [0.2, 0.25) is 0 Å². The minimum Gasteiger partial charge on any atom is -0.366 e. The molecule has 0 bridgehead atoms. The van der Waals surface area contributed by atoms with Gasteiger partial charge in [-0.1, -0.05) is 13.0 Å². The Hall–Kier alpha value is -1.88. The Balaban J connectivity index is 2.00. The van der Waals surface area contributed by atoms with Crippen molar-refractivity contribution in [2.75, 3.05) is 16.4 Å². The standard InChI is InChI=1S/C15H17F3N4O2S2/c1-3-26(23,24)14(6-4-5-7-20-14)13(2)21-11-8-10(25-15(16,17)18)9-19-12(11)22-13/h4-9,20-21H,3H2,1-2H3,(H,19,22). The van der Waals surface area contributed by atoms with Crippen LogP contribution in [0.5, 0.6) is 0 Å². The lowest BCUT2D eigenvalue weighted by Crippen LogP contribution is -2.69. The molecular formula is C15H17F3N4O2S2. The number of rotatable bonds is 4. The van der Waals surface area contributed by atoms with E-state index < -0.39 is 25.9 Å². The fourth-order valence-corrected chi connectivity index (χ4v) is 5.33. The lowest BCUT2D eigenvalue weighted by atomic mass is 10.00. The first-order chi connectivity index (χ1) is 12.0. The van der Waals surface area contributed by atoms with E-state index in [1.807, 2.05) is 0 Å². The van der Waals surface area contributed by atoms with Crippen molar-refractivity contribution in [1.29, 1.82) is 0 Å². The minimum atomic E-state index is -4.43. The van der Waals surface area contributed by atoms with E-state index >= 15 is 0 Å². The highest BCUT2D eigenvalue weighted by Crippen LogP contribution is 2.44. The van der Waals surface area contributed by atoms with E-state index in [1.54, 1.807) is 19.1 Å². The Labute approximate surface area is 153 Å². The molecule has 0 spiro atoms. The molecule has 2 aliphatic heterocycles. The summed E-state index contributed by atoms with van der Waals surface area (Å²) in [6.07, 6.45) is 7.40. The van der Waals surface area contributed by atoms with Crippen LogP contribution in [0.1, 0.15) is 13.8 Å². The molecule has 0 saturated heterocycles. The highest BCUT2D eigenvalue weighted by atomic mass is 32.2. The molecule has 142 valence electrons. The Morgan fingerprint density at radius 3 is 2.58 bits per heavy atom. The second kappa shape index (κ2) is 6.08. The molecule has 6 nitrogen and oxygen atoms in total. The summed E-state index contributed by atoms with van der Waals surface area (Å²) in [5.41, 5.74) is -5.40. The molecule has 2 atom stereocenters. The molecule has 0 radical (unpaired) electrons. The number of halogens is 3. The minimum absolute atomic E-state index is 0.0887. The zero-order chi connectivity index (χ0) is 19.2. The zero-order valence-corrected chi connectivity index (χ0v) is 15.5. The van der Waals surface area contributed by atoms with Gasteiger partial charge in [0, 0.05) is 11.1 Å². The average Bonchev–Trinajstić information content (AvgIpc) is 2.91. The second-order valence-corrected chi connectivity index (χ2v) is 9.58. The first kappa shape index (κ1) is 18.9. The van der Waals surface area contributed by atoms with Gasteiger partial charge < -0.3 is 16.0 Å². The second-order valence-electron chi connectivity index (χ2n) is 5.99. The number of dihydropyridines is 1. The monoisotopic (exact) mass is 406 g/mol. The van der Waals surface area contributed by atoms with Crippen LogP contribution in [0.25, 0.3) is 0 Å². The number of hydrogen-bond donors (Lipinski definition) is 3. The van der Waals surface area contributed by atoms with Crippen molar-refractivity contribution >= 4 is 33.1 Å². The maximum absolute atomic E-state index is 12.9. The topological polar surface area (TPSA) is 83.1 Å². The number of fused-ring (bicyclic) bond motifs is 1. The highest BCUT2D eigenvalue weighted by molar-refractivity contribution is 8.00. The molecule has 26 heavy (non-hydrogen) atoms.